The highest BCUT2D eigenvalue weighted by Gasteiger charge is 2.23. The smallest absolute Gasteiger partial charge is 0.272 e. The predicted octanol–water partition coefficient (Wildman–Crippen LogP) is 0.690. The molecule has 1 unspecified atom stereocenters. The molecular weight excluding hydrogens is 320 g/mol. The summed E-state index contributed by atoms with van der Waals surface area (Å²) in [5.74, 6) is -0.632. The van der Waals surface area contributed by atoms with Crippen LogP contribution in [-0.2, 0) is 11.3 Å². The lowest BCUT2D eigenvalue weighted by Gasteiger charge is -2.15. The van der Waals surface area contributed by atoms with Crippen LogP contribution in [0.25, 0.3) is 0 Å². The van der Waals surface area contributed by atoms with Gasteiger partial charge in [0.25, 0.3) is 11.5 Å². The van der Waals surface area contributed by atoms with E-state index in [4.69, 9.17) is 0 Å². The minimum atomic E-state index is -0.564. The second-order valence-corrected chi connectivity index (χ2v) is 6.01. The summed E-state index contributed by atoms with van der Waals surface area (Å²) in [7, 11) is 0. The summed E-state index contributed by atoms with van der Waals surface area (Å²) in [6.07, 6.45) is 2.37. The van der Waals surface area contributed by atoms with Crippen molar-refractivity contribution >= 4 is 11.8 Å². The van der Waals surface area contributed by atoms with Crippen LogP contribution in [0.3, 0.4) is 0 Å². The molecular formula is C18H20N4O3. The van der Waals surface area contributed by atoms with E-state index >= 15 is 0 Å². The van der Waals surface area contributed by atoms with Crippen molar-refractivity contribution < 1.29 is 9.59 Å². The van der Waals surface area contributed by atoms with Crippen molar-refractivity contribution in [2.75, 3.05) is 6.54 Å². The summed E-state index contributed by atoms with van der Waals surface area (Å²) < 4.78 is 1.25. The number of nitrogens with zero attached hydrogens (tertiary/aromatic N) is 2. The van der Waals surface area contributed by atoms with E-state index in [2.05, 4.69) is 15.7 Å². The number of amides is 2. The SMILES string of the molecule is O=C(NC1CCCCNC1=O)c1ccc(=O)n(Cc2ccccc2)n1. The molecule has 1 saturated heterocycles. The summed E-state index contributed by atoms with van der Waals surface area (Å²) in [5.41, 5.74) is 0.748. The van der Waals surface area contributed by atoms with Gasteiger partial charge in [-0.3, -0.25) is 14.4 Å². The topological polar surface area (TPSA) is 93.1 Å². The Hall–Kier alpha value is -2.96. The van der Waals surface area contributed by atoms with Gasteiger partial charge in [0.2, 0.25) is 5.91 Å². The van der Waals surface area contributed by atoms with Gasteiger partial charge in [0.15, 0.2) is 0 Å². The van der Waals surface area contributed by atoms with Crippen molar-refractivity contribution in [2.24, 2.45) is 0 Å². The molecule has 1 aliphatic heterocycles. The van der Waals surface area contributed by atoms with Gasteiger partial charge in [-0.2, -0.15) is 5.10 Å². The minimum absolute atomic E-state index is 0.118. The lowest BCUT2D eigenvalue weighted by atomic mass is 10.1. The van der Waals surface area contributed by atoms with Crippen molar-refractivity contribution in [1.29, 1.82) is 0 Å². The van der Waals surface area contributed by atoms with Crippen molar-refractivity contribution in [3.05, 3.63) is 64.1 Å². The van der Waals surface area contributed by atoms with Crippen molar-refractivity contribution in [1.82, 2.24) is 20.4 Å². The average Bonchev–Trinajstić information content (AvgIpc) is 2.82. The molecule has 0 spiro atoms. The second-order valence-electron chi connectivity index (χ2n) is 6.01. The maximum atomic E-state index is 12.4. The molecule has 1 atom stereocenters. The zero-order valence-corrected chi connectivity index (χ0v) is 13.8. The Balaban J connectivity index is 1.75. The van der Waals surface area contributed by atoms with E-state index in [-0.39, 0.29) is 23.7 Å². The Kier molecular flexibility index (Phi) is 5.23. The number of nitrogens with one attached hydrogen (secondary N) is 2. The molecule has 2 aromatic rings. The first kappa shape index (κ1) is 16.9. The largest absolute Gasteiger partial charge is 0.354 e. The van der Waals surface area contributed by atoms with Gasteiger partial charge in [-0.15, -0.1) is 0 Å². The molecule has 2 N–H and O–H groups in total. The predicted molar refractivity (Wildman–Crippen MR) is 92.2 cm³/mol. The summed E-state index contributed by atoms with van der Waals surface area (Å²) in [6.45, 7) is 0.913. The molecule has 3 rings (SSSR count). The normalized spacial score (nSPS) is 17.4. The van der Waals surface area contributed by atoms with Gasteiger partial charge in [0, 0.05) is 12.6 Å². The molecule has 7 nitrogen and oxygen atoms in total. The molecule has 1 aromatic heterocycles. The lowest BCUT2D eigenvalue weighted by molar-refractivity contribution is -0.122. The average molecular weight is 340 g/mol. The third kappa shape index (κ3) is 4.32. The Bertz CT molecular complexity index is 817. The first-order chi connectivity index (χ1) is 12.1. The molecule has 2 heterocycles. The van der Waals surface area contributed by atoms with Gasteiger partial charge >= 0.3 is 0 Å². The number of benzene rings is 1. The Labute approximate surface area is 145 Å². The molecule has 0 radical (unpaired) electrons. The van der Waals surface area contributed by atoms with Crippen LogP contribution in [0.1, 0.15) is 35.3 Å². The zero-order valence-electron chi connectivity index (χ0n) is 13.8. The molecule has 25 heavy (non-hydrogen) atoms. The maximum absolute atomic E-state index is 12.4. The summed E-state index contributed by atoms with van der Waals surface area (Å²) >= 11 is 0. The fourth-order valence-electron chi connectivity index (χ4n) is 2.75. The van der Waals surface area contributed by atoms with E-state index < -0.39 is 11.9 Å². The summed E-state index contributed by atoms with van der Waals surface area (Å²) in [6, 6.07) is 11.6. The third-order valence-corrected chi connectivity index (χ3v) is 4.12. The maximum Gasteiger partial charge on any atom is 0.272 e. The number of rotatable bonds is 4. The van der Waals surface area contributed by atoms with E-state index in [1.54, 1.807) is 0 Å². The summed E-state index contributed by atoms with van der Waals surface area (Å²) in [4.78, 5) is 36.4. The van der Waals surface area contributed by atoms with E-state index in [0.29, 0.717) is 13.0 Å². The molecule has 1 fully saturated rings. The van der Waals surface area contributed by atoms with Crippen LogP contribution in [0.4, 0.5) is 0 Å². The Morgan fingerprint density at radius 3 is 2.76 bits per heavy atom. The van der Waals surface area contributed by atoms with Gasteiger partial charge in [0.05, 0.1) is 6.54 Å². The fraction of sp³-hybridized carbons (Fsp3) is 0.333. The Morgan fingerprint density at radius 2 is 1.96 bits per heavy atom. The van der Waals surface area contributed by atoms with E-state index in [0.717, 1.165) is 18.4 Å². The highest BCUT2D eigenvalue weighted by molar-refractivity contribution is 5.96. The molecule has 7 heteroatoms. The quantitative estimate of drug-likeness (QED) is 0.856. The van der Waals surface area contributed by atoms with Crippen molar-refractivity contribution in [3.63, 3.8) is 0 Å². The Morgan fingerprint density at radius 1 is 1.16 bits per heavy atom. The van der Waals surface area contributed by atoms with Crippen LogP contribution in [0.2, 0.25) is 0 Å². The molecule has 0 bridgehead atoms. The van der Waals surface area contributed by atoms with Crippen LogP contribution in [0.5, 0.6) is 0 Å². The second kappa shape index (κ2) is 7.74. The molecule has 130 valence electrons. The number of hydrogen-bond acceptors (Lipinski definition) is 4. The fourth-order valence-corrected chi connectivity index (χ4v) is 2.75. The standard InChI is InChI=1S/C18H20N4O3/c23-16-10-9-15(21-22(16)12-13-6-2-1-3-7-13)18(25)20-14-8-4-5-11-19-17(14)24/h1-3,6-7,9-10,14H,4-5,8,11-12H2,(H,19,24)(H,20,25). The van der Waals surface area contributed by atoms with E-state index in [1.165, 1.54) is 16.8 Å². The molecule has 2 amide bonds. The van der Waals surface area contributed by atoms with Crippen LogP contribution >= 0.6 is 0 Å². The highest BCUT2D eigenvalue weighted by atomic mass is 16.2. The number of hydrogen-bond donors (Lipinski definition) is 2. The first-order valence-corrected chi connectivity index (χ1v) is 8.34. The van der Waals surface area contributed by atoms with Crippen molar-refractivity contribution in [2.45, 2.75) is 31.8 Å². The molecule has 0 saturated carbocycles. The first-order valence-electron chi connectivity index (χ1n) is 8.34. The zero-order chi connectivity index (χ0) is 17.6. The number of carbonyl (C=O) groups is 2. The van der Waals surface area contributed by atoms with E-state index in [9.17, 15) is 14.4 Å². The molecule has 1 aromatic carbocycles. The summed E-state index contributed by atoms with van der Waals surface area (Å²) in [5, 5.41) is 9.62. The number of carbonyl (C=O) groups excluding carboxylic acids is 2. The van der Waals surface area contributed by atoms with Gasteiger partial charge in [0.1, 0.15) is 11.7 Å². The van der Waals surface area contributed by atoms with Gasteiger partial charge in [-0.25, -0.2) is 4.68 Å². The number of aromatic nitrogens is 2. The third-order valence-electron chi connectivity index (χ3n) is 4.12. The molecule has 1 aliphatic rings. The van der Waals surface area contributed by atoms with Crippen LogP contribution < -0.4 is 16.2 Å². The minimum Gasteiger partial charge on any atom is -0.354 e. The van der Waals surface area contributed by atoms with Gasteiger partial charge in [-0.1, -0.05) is 30.3 Å². The van der Waals surface area contributed by atoms with Crippen LogP contribution in [0.15, 0.2) is 47.3 Å². The van der Waals surface area contributed by atoms with Gasteiger partial charge < -0.3 is 10.6 Å². The van der Waals surface area contributed by atoms with Crippen molar-refractivity contribution in [3.8, 4) is 0 Å². The van der Waals surface area contributed by atoms with Crippen LogP contribution in [-0.4, -0.2) is 34.2 Å². The lowest BCUT2D eigenvalue weighted by Crippen LogP contribution is -2.46. The monoisotopic (exact) mass is 340 g/mol. The van der Waals surface area contributed by atoms with E-state index in [1.807, 2.05) is 30.3 Å². The van der Waals surface area contributed by atoms with Gasteiger partial charge in [-0.05, 0) is 30.9 Å². The highest BCUT2D eigenvalue weighted by Crippen LogP contribution is 2.06. The van der Waals surface area contributed by atoms with Crippen LogP contribution in [0, 0.1) is 0 Å². The molecule has 0 aliphatic carbocycles.